The van der Waals surface area contributed by atoms with E-state index in [2.05, 4.69) is 33.9 Å². The van der Waals surface area contributed by atoms with Gasteiger partial charge in [-0.2, -0.15) is 0 Å². The van der Waals surface area contributed by atoms with Gasteiger partial charge in [0.05, 0.1) is 6.61 Å². The highest BCUT2D eigenvalue weighted by atomic mass is 28.4. The van der Waals surface area contributed by atoms with Crippen molar-refractivity contribution in [3.8, 4) is 0 Å². The quantitative estimate of drug-likeness (QED) is 0.734. The van der Waals surface area contributed by atoms with E-state index in [-0.39, 0.29) is 16.4 Å². The molecular formula is C14H31NO2Si. The number of hydrogen-bond donors (Lipinski definition) is 0. The van der Waals surface area contributed by atoms with E-state index in [0.29, 0.717) is 13.2 Å². The van der Waals surface area contributed by atoms with Crippen LogP contribution in [0.2, 0.25) is 18.1 Å². The predicted molar refractivity (Wildman–Crippen MR) is 80.2 cm³/mol. The summed E-state index contributed by atoms with van der Waals surface area (Å²) in [5.74, 6) is 0.168. The third kappa shape index (κ3) is 5.10. The number of hydrogen-bond acceptors (Lipinski definition) is 2. The van der Waals surface area contributed by atoms with E-state index in [4.69, 9.17) is 4.43 Å². The van der Waals surface area contributed by atoms with Gasteiger partial charge in [-0.15, -0.1) is 0 Å². The molecule has 0 atom stereocenters. The monoisotopic (exact) mass is 273 g/mol. The van der Waals surface area contributed by atoms with Crippen molar-refractivity contribution in [2.24, 2.45) is 5.41 Å². The number of likely N-dealkylation sites (N-methyl/N-ethyl adjacent to an activating group) is 1. The molecule has 0 aromatic carbocycles. The number of rotatable bonds is 4. The van der Waals surface area contributed by atoms with Gasteiger partial charge in [-0.05, 0) is 18.1 Å². The van der Waals surface area contributed by atoms with E-state index in [0.717, 1.165) is 0 Å². The van der Waals surface area contributed by atoms with Crippen molar-refractivity contribution >= 4 is 14.2 Å². The van der Waals surface area contributed by atoms with Crippen LogP contribution in [0.3, 0.4) is 0 Å². The molecule has 0 aromatic heterocycles. The SMILES string of the molecule is CN(CCO[Si](C)(C)C(C)(C)C)C(=O)C(C)(C)C. The Morgan fingerprint density at radius 2 is 1.56 bits per heavy atom. The van der Waals surface area contributed by atoms with Crippen molar-refractivity contribution in [3.05, 3.63) is 0 Å². The van der Waals surface area contributed by atoms with Gasteiger partial charge in [0.15, 0.2) is 8.32 Å². The third-order valence-corrected chi connectivity index (χ3v) is 8.22. The minimum Gasteiger partial charge on any atom is -0.415 e. The standard InChI is InChI=1S/C14H31NO2Si/c1-13(2,3)12(16)15(7)10-11-17-18(8,9)14(4,5)6/h10-11H2,1-9H3. The zero-order valence-corrected chi connectivity index (χ0v) is 14.7. The van der Waals surface area contributed by atoms with Gasteiger partial charge in [0, 0.05) is 19.0 Å². The Morgan fingerprint density at radius 3 is 1.89 bits per heavy atom. The lowest BCUT2D eigenvalue weighted by Crippen LogP contribution is -2.44. The normalized spacial score (nSPS) is 13.6. The van der Waals surface area contributed by atoms with Gasteiger partial charge in [0.25, 0.3) is 0 Å². The Morgan fingerprint density at radius 1 is 1.11 bits per heavy atom. The Balaban J connectivity index is 4.26. The van der Waals surface area contributed by atoms with Crippen LogP contribution in [0.15, 0.2) is 0 Å². The number of carbonyl (C=O) groups excluding carboxylic acids is 1. The van der Waals surface area contributed by atoms with Gasteiger partial charge in [-0.25, -0.2) is 0 Å². The summed E-state index contributed by atoms with van der Waals surface area (Å²) in [4.78, 5) is 13.8. The smallest absolute Gasteiger partial charge is 0.227 e. The van der Waals surface area contributed by atoms with Crippen LogP contribution in [0.25, 0.3) is 0 Å². The molecule has 0 aromatic rings. The zero-order valence-electron chi connectivity index (χ0n) is 13.7. The molecule has 0 spiro atoms. The largest absolute Gasteiger partial charge is 0.415 e. The van der Waals surface area contributed by atoms with Crippen molar-refractivity contribution in [2.75, 3.05) is 20.2 Å². The minimum atomic E-state index is -1.69. The molecule has 18 heavy (non-hydrogen) atoms. The Kier molecular flexibility index (Phi) is 5.63. The summed E-state index contributed by atoms with van der Waals surface area (Å²) in [6.07, 6.45) is 0. The fourth-order valence-electron chi connectivity index (χ4n) is 1.33. The maximum Gasteiger partial charge on any atom is 0.227 e. The average Bonchev–Trinajstić information content (AvgIpc) is 2.12. The van der Waals surface area contributed by atoms with E-state index in [1.165, 1.54) is 0 Å². The first kappa shape index (κ1) is 17.6. The van der Waals surface area contributed by atoms with E-state index in [1.807, 2.05) is 27.8 Å². The molecule has 0 unspecified atom stereocenters. The van der Waals surface area contributed by atoms with Gasteiger partial charge in [-0.1, -0.05) is 41.5 Å². The molecule has 108 valence electrons. The highest BCUT2D eigenvalue weighted by molar-refractivity contribution is 6.74. The van der Waals surface area contributed by atoms with Gasteiger partial charge >= 0.3 is 0 Å². The third-order valence-electron chi connectivity index (χ3n) is 3.68. The van der Waals surface area contributed by atoms with E-state index in [9.17, 15) is 4.79 Å². The highest BCUT2D eigenvalue weighted by Crippen LogP contribution is 2.36. The molecule has 0 aliphatic carbocycles. The van der Waals surface area contributed by atoms with E-state index < -0.39 is 8.32 Å². The molecule has 0 fully saturated rings. The second kappa shape index (κ2) is 5.74. The van der Waals surface area contributed by atoms with Gasteiger partial charge in [-0.3, -0.25) is 4.79 Å². The Hall–Kier alpha value is -0.353. The fourth-order valence-corrected chi connectivity index (χ4v) is 2.36. The summed E-state index contributed by atoms with van der Waals surface area (Å²) in [5.41, 5.74) is -0.314. The molecule has 0 saturated carbocycles. The van der Waals surface area contributed by atoms with E-state index in [1.54, 1.807) is 4.90 Å². The van der Waals surface area contributed by atoms with Gasteiger partial charge in [0.2, 0.25) is 5.91 Å². The first-order chi connectivity index (χ1) is 7.79. The van der Waals surface area contributed by atoms with Crippen LogP contribution in [-0.4, -0.2) is 39.3 Å². The lowest BCUT2D eigenvalue weighted by molar-refractivity contribution is -0.138. The molecule has 0 rings (SSSR count). The maximum atomic E-state index is 12.0. The Bertz CT molecular complexity index is 287. The second-order valence-corrected chi connectivity index (χ2v) is 12.4. The van der Waals surface area contributed by atoms with E-state index >= 15 is 0 Å². The fraction of sp³-hybridized carbons (Fsp3) is 0.929. The van der Waals surface area contributed by atoms with Crippen LogP contribution in [0.4, 0.5) is 0 Å². The van der Waals surface area contributed by atoms with Crippen LogP contribution >= 0.6 is 0 Å². The molecule has 0 radical (unpaired) electrons. The first-order valence-corrected chi connectivity index (χ1v) is 9.59. The lowest BCUT2D eigenvalue weighted by atomic mass is 9.95. The van der Waals surface area contributed by atoms with Crippen molar-refractivity contribution < 1.29 is 9.22 Å². The van der Waals surface area contributed by atoms with Gasteiger partial charge < -0.3 is 9.33 Å². The number of carbonyl (C=O) groups is 1. The highest BCUT2D eigenvalue weighted by Gasteiger charge is 2.37. The summed E-state index contributed by atoms with van der Waals surface area (Å²) in [5, 5.41) is 0.222. The summed E-state index contributed by atoms with van der Waals surface area (Å²) in [6.45, 7) is 18.3. The molecule has 0 aliphatic rings. The summed E-state index contributed by atoms with van der Waals surface area (Å²) >= 11 is 0. The van der Waals surface area contributed by atoms with Crippen molar-refractivity contribution in [1.82, 2.24) is 4.90 Å². The maximum absolute atomic E-state index is 12.0. The summed E-state index contributed by atoms with van der Waals surface area (Å²) < 4.78 is 6.07. The second-order valence-electron chi connectivity index (χ2n) is 7.59. The molecule has 0 bridgehead atoms. The van der Waals surface area contributed by atoms with Crippen LogP contribution in [0.5, 0.6) is 0 Å². The van der Waals surface area contributed by atoms with Crippen LogP contribution < -0.4 is 0 Å². The number of nitrogens with zero attached hydrogens (tertiary/aromatic N) is 1. The number of amides is 1. The molecular weight excluding hydrogens is 242 g/mol. The molecule has 3 nitrogen and oxygen atoms in total. The molecule has 0 N–H and O–H groups in total. The molecule has 0 aliphatic heterocycles. The Labute approximate surface area is 114 Å². The van der Waals surface area contributed by atoms with Crippen LogP contribution in [0.1, 0.15) is 41.5 Å². The van der Waals surface area contributed by atoms with Crippen molar-refractivity contribution in [3.63, 3.8) is 0 Å². The first-order valence-electron chi connectivity index (χ1n) is 6.68. The summed E-state index contributed by atoms with van der Waals surface area (Å²) in [7, 11) is 0.159. The average molecular weight is 273 g/mol. The summed E-state index contributed by atoms with van der Waals surface area (Å²) in [6, 6.07) is 0. The molecule has 1 amide bonds. The lowest BCUT2D eigenvalue weighted by Gasteiger charge is -2.37. The molecule has 0 saturated heterocycles. The van der Waals surface area contributed by atoms with Crippen LogP contribution in [-0.2, 0) is 9.22 Å². The zero-order chi connectivity index (χ0) is 14.8. The van der Waals surface area contributed by atoms with Gasteiger partial charge in [0.1, 0.15) is 0 Å². The minimum absolute atomic E-state index is 0.168. The molecule has 4 heteroatoms. The van der Waals surface area contributed by atoms with Crippen molar-refractivity contribution in [1.29, 1.82) is 0 Å². The predicted octanol–water partition coefficient (Wildman–Crippen LogP) is 3.51. The van der Waals surface area contributed by atoms with Crippen LogP contribution in [0, 0.1) is 5.41 Å². The molecule has 0 heterocycles. The van der Waals surface area contributed by atoms with Crippen molar-refractivity contribution in [2.45, 2.75) is 59.7 Å². The topological polar surface area (TPSA) is 29.5 Å².